The van der Waals surface area contributed by atoms with Gasteiger partial charge in [-0.2, -0.15) is 0 Å². The molecular formula is C20H19ClN2S2. The molecule has 0 aliphatic carbocycles. The highest BCUT2D eigenvalue weighted by atomic mass is 35.5. The van der Waals surface area contributed by atoms with Crippen molar-refractivity contribution in [1.29, 1.82) is 0 Å². The highest BCUT2D eigenvalue weighted by Crippen LogP contribution is 2.50. The summed E-state index contributed by atoms with van der Waals surface area (Å²) < 4.78 is 3.02. The molecule has 2 heterocycles. The van der Waals surface area contributed by atoms with E-state index in [0.29, 0.717) is 0 Å². The Morgan fingerprint density at radius 2 is 1.88 bits per heavy atom. The van der Waals surface area contributed by atoms with Gasteiger partial charge in [-0.25, -0.2) is 0 Å². The van der Waals surface area contributed by atoms with Gasteiger partial charge in [0.15, 0.2) is 0 Å². The predicted octanol–water partition coefficient (Wildman–Crippen LogP) is 6.58. The van der Waals surface area contributed by atoms with Crippen molar-refractivity contribution in [2.24, 2.45) is 0 Å². The highest BCUT2D eigenvalue weighted by Gasteiger charge is 2.38. The van der Waals surface area contributed by atoms with E-state index < -0.39 is 0 Å². The lowest BCUT2D eigenvalue weighted by Crippen LogP contribution is -2.40. The zero-order valence-electron chi connectivity index (χ0n) is 14.6. The molecule has 2 nitrogen and oxygen atoms in total. The minimum Gasteiger partial charge on any atom is -0.364 e. The van der Waals surface area contributed by atoms with Gasteiger partial charge in [0.25, 0.3) is 0 Å². The Labute approximate surface area is 162 Å². The number of hydrogen-bond acceptors (Lipinski definition) is 3. The van der Waals surface area contributed by atoms with E-state index in [1.807, 2.05) is 12.1 Å². The zero-order chi connectivity index (χ0) is 17.9. The first-order chi connectivity index (χ1) is 11.8. The Morgan fingerprint density at radius 3 is 2.60 bits per heavy atom. The van der Waals surface area contributed by atoms with Gasteiger partial charge in [0, 0.05) is 28.9 Å². The van der Waals surface area contributed by atoms with E-state index in [1.54, 1.807) is 11.5 Å². The Bertz CT molecular complexity index is 1050. The number of nitrogens with zero attached hydrogens (tertiary/aromatic N) is 2. The average Bonchev–Trinajstić information content (AvgIpc) is 2.91. The second-order valence-corrected chi connectivity index (χ2v) is 8.79. The number of benzene rings is 2. The number of halogens is 1. The third kappa shape index (κ3) is 2.47. The first-order valence-corrected chi connectivity index (χ1v) is 9.74. The van der Waals surface area contributed by atoms with E-state index in [2.05, 4.69) is 67.0 Å². The summed E-state index contributed by atoms with van der Waals surface area (Å²) in [5.74, 6) is 0. The molecule has 1 aliphatic rings. The third-order valence-electron chi connectivity index (χ3n) is 5.03. The van der Waals surface area contributed by atoms with Crippen molar-refractivity contribution in [3.63, 3.8) is 0 Å². The predicted molar refractivity (Wildman–Crippen MR) is 111 cm³/mol. The molecule has 0 N–H and O–H groups in total. The number of anilines is 1. The summed E-state index contributed by atoms with van der Waals surface area (Å²) in [4.78, 5) is 3.59. The standard InChI is InChI=1S/C20H19ClN2S2/c1-12-6-5-7-14(10-12)23-19(24)17-15-11-13(21)8-9-16(15)22(4)20(2,3)18(17)25-23/h5-11H,1-4H3. The average molecular weight is 387 g/mol. The van der Waals surface area contributed by atoms with Crippen LogP contribution in [-0.4, -0.2) is 11.0 Å². The highest BCUT2D eigenvalue weighted by molar-refractivity contribution is 7.71. The molecule has 1 aliphatic heterocycles. The number of hydrogen-bond donors (Lipinski definition) is 0. The lowest BCUT2D eigenvalue weighted by Gasteiger charge is -2.41. The van der Waals surface area contributed by atoms with Gasteiger partial charge in [-0.05, 0) is 56.7 Å². The third-order valence-corrected chi connectivity index (χ3v) is 7.23. The van der Waals surface area contributed by atoms with E-state index in [1.165, 1.54) is 16.1 Å². The maximum absolute atomic E-state index is 6.30. The normalized spacial score (nSPS) is 15.0. The minimum atomic E-state index is -0.135. The van der Waals surface area contributed by atoms with Crippen LogP contribution in [0.25, 0.3) is 16.8 Å². The Hall–Kier alpha value is -1.62. The van der Waals surface area contributed by atoms with Gasteiger partial charge in [-0.1, -0.05) is 47.5 Å². The Morgan fingerprint density at radius 1 is 1.12 bits per heavy atom. The van der Waals surface area contributed by atoms with Gasteiger partial charge in [0.2, 0.25) is 0 Å². The van der Waals surface area contributed by atoms with Crippen LogP contribution in [0.4, 0.5) is 5.69 Å². The summed E-state index contributed by atoms with van der Waals surface area (Å²) in [6, 6.07) is 14.5. The Kier molecular flexibility index (Phi) is 3.83. The van der Waals surface area contributed by atoms with Gasteiger partial charge < -0.3 is 4.90 Å². The maximum atomic E-state index is 6.30. The van der Waals surface area contributed by atoms with Crippen molar-refractivity contribution < 1.29 is 0 Å². The number of aryl methyl sites for hydroxylation is 1. The van der Waals surface area contributed by atoms with Gasteiger partial charge in [-0.15, -0.1) is 0 Å². The van der Waals surface area contributed by atoms with Crippen LogP contribution in [0.15, 0.2) is 42.5 Å². The van der Waals surface area contributed by atoms with E-state index in [-0.39, 0.29) is 5.54 Å². The summed E-state index contributed by atoms with van der Waals surface area (Å²) in [5.41, 5.74) is 5.64. The van der Waals surface area contributed by atoms with E-state index in [0.717, 1.165) is 26.5 Å². The summed E-state index contributed by atoms with van der Waals surface area (Å²) in [7, 11) is 2.13. The van der Waals surface area contributed by atoms with Crippen LogP contribution >= 0.6 is 35.4 Å². The van der Waals surface area contributed by atoms with Gasteiger partial charge in [-0.3, -0.25) is 3.96 Å². The SMILES string of the molecule is Cc1cccc(-n2sc3c(c2=S)-c2cc(Cl)ccc2N(C)C3(C)C)c1. The van der Waals surface area contributed by atoms with Crippen LogP contribution in [0.1, 0.15) is 24.3 Å². The second kappa shape index (κ2) is 5.70. The van der Waals surface area contributed by atoms with E-state index in [4.69, 9.17) is 23.8 Å². The smallest absolute Gasteiger partial charge is 0.129 e. The number of rotatable bonds is 1. The van der Waals surface area contributed by atoms with Crippen LogP contribution in [0.3, 0.4) is 0 Å². The molecule has 4 rings (SSSR count). The van der Waals surface area contributed by atoms with Crippen LogP contribution in [0, 0.1) is 11.6 Å². The largest absolute Gasteiger partial charge is 0.364 e. The zero-order valence-corrected chi connectivity index (χ0v) is 17.0. The summed E-state index contributed by atoms with van der Waals surface area (Å²) in [6.45, 7) is 6.60. The number of fused-ring (bicyclic) bond motifs is 3. The monoisotopic (exact) mass is 386 g/mol. The molecule has 0 atom stereocenters. The van der Waals surface area contributed by atoms with E-state index in [9.17, 15) is 0 Å². The molecule has 1 aromatic heterocycles. The fraction of sp³-hybridized carbons (Fsp3) is 0.250. The topological polar surface area (TPSA) is 8.17 Å². The first-order valence-electron chi connectivity index (χ1n) is 8.18. The fourth-order valence-corrected chi connectivity index (χ4v) is 5.31. The Balaban J connectivity index is 2.06. The molecule has 0 bridgehead atoms. The van der Waals surface area contributed by atoms with Crippen LogP contribution in [0.2, 0.25) is 5.02 Å². The van der Waals surface area contributed by atoms with E-state index >= 15 is 0 Å². The van der Waals surface area contributed by atoms with Crippen molar-refractivity contribution in [1.82, 2.24) is 3.96 Å². The molecule has 0 saturated carbocycles. The van der Waals surface area contributed by atoms with Crippen LogP contribution in [0.5, 0.6) is 0 Å². The molecule has 5 heteroatoms. The quantitative estimate of drug-likeness (QED) is 0.436. The minimum absolute atomic E-state index is 0.135. The summed E-state index contributed by atoms with van der Waals surface area (Å²) >= 11 is 13.9. The van der Waals surface area contributed by atoms with Crippen molar-refractivity contribution in [2.75, 3.05) is 11.9 Å². The summed E-state index contributed by atoms with van der Waals surface area (Å²) in [6.07, 6.45) is 0. The maximum Gasteiger partial charge on any atom is 0.129 e. The molecular weight excluding hydrogens is 368 g/mol. The molecule has 0 fully saturated rings. The van der Waals surface area contributed by atoms with Crippen molar-refractivity contribution in [3.8, 4) is 16.8 Å². The molecule has 3 aromatic rings. The molecule has 2 aromatic carbocycles. The first kappa shape index (κ1) is 16.8. The van der Waals surface area contributed by atoms with Crippen molar-refractivity contribution in [3.05, 3.63) is 62.6 Å². The molecule has 0 radical (unpaired) electrons. The van der Waals surface area contributed by atoms with Gasteiger partial charge in [0.05, 0.1) is 16.1 Å². The molecule has 25 heavy (non-hydrogen) atoms. The molecule has 128 valence electrons. The number of aromatic nitrogens is 1. The molecule has 0 unspecified atom stereocenters. The van der Waals surface area contributed by atoms with Gasteiger partial charge >= 0.3 is 0 Å². The van der Waals surface area contributed by atoms with Crippen molar-refractivity contribution in [2.45, 2.75) is 26.3 Å². The summed E-state index contributed by atoms with van der Waals surface area (Å²) in [5, 5.41) is 0.737. The fourth-order valence-electron chi connectivity index (χ4n) is 3.41. The van der Waals surface area contributed by atoms with Crippen LogP contribution < -0.4 is 4.90 Å². The van der Waals surface area contributed by atoms with Crippen molar-refractivity contribution >= 4 is 41.0 Å². The molecule has 0 saturated heterocycles. The molecule has 0 amide bonds. The van der Waals surface area contributed by atoms with Gasteiger partial charge in [0.1, 0.15) is 4.64 Å². The lowest BCUT2D eigenvalue weighted by molar-refractivity contribution is 0.521. The van der Waals surface area contributed by atoms with Crippen LogP contribution in [-0.2, 0) is 5.54 Å². The lowest BCUT2D eigenvalue weighted by atomic mass is 9.88. The molecule has 0 spiro atoms. The second-order valence-electron chi connectivity index (χ2n) is 7.01.